The minimum Gasteiger partial charge on any atom is -0.515 e. The first kappa shape index (κ1) is 12.9. The molecule has 0 amide bonds. The van der Waals surface area contributed by atoms with Gasteiger partial charge in [-0.25, -0.2) is 0 Å². The van der Waals surface area contributed by atoms with Gasteiger partial charge in [-0.3, -0.25) is 4.99 Å². The second kappa shape index (κ2) is 5.85. The molecule has 1 aliphatic carbocycles. The molecule has 1 N–H and O–H groups in total. The molecule has 0 atom stereocenters. The molecule has 0 saturated heterocycles. The van der Waals surface area contributed by atoms with Gasteiger partial charge in [0.1, 0.15) is 0 Å². The zero-order valence-corrected chi connectivity index (χ0v) is 11.2. The van der Waals surface area contributed by atoms with Gasteiger partial charge in [-0.2, -0.15) is 0 Å². The van der Waals surface area contributed by atoms with E-state index < -0.39 is 0 Å². The molecule has 0 aliphatic heterocycles. The fraction of sp³-hybridized carbons (Fsp3) is 0.438. The Labute approximate surface area is 109 Å². The minimum atomic E-state index is 0.832. The van der Waals surface area contributed by atoms with Crippen LogP contribution in [0.5, 0.6) is 0 Å². The molecular formula is C16H21NO. The Bertz CT molecular complexity index is 464. The van der Waals surface area contributed by atoms with Crippen LogP contribution in [0.3, 0.4) is 0 Å². The molecule has 1 aromatic rings. The Kier molecular flexibility index (Phi) is 4.19. The molecule has 1 aromatic carbocycles. The van der Waals surface area contributed by atoms with Crippen LogP contribution in [0, 0.1) is 5.92 Å². The van der Waals surface area contributed by atoms with E-state index in [1.165, 1.54) is 18.6 Å². The van der Waals surface area contributed by atoms with E-state index in [0.29, 0.717) is 0 Å². The summed E-state index contributed by atoms with van der Waals surface area (Å²) in [5.41, 5.74) is 4.15. The number of para-hydroxylation sites is 1. The van der Waals surface area contributed by atoms with Crippen LogP contribution in [0.15, 0.2) is 35.5 Å². The molecule has 0 aromatic heterocycles. The van der Waals surface area contributed by atoms with Crippen LogP contribution in [0.2, 0.25) is 0 Å². The Morgan fingerprint density at radius 3 is 2.61 bits per heavy atom. The molecule has 1 fully saturated rings. The summed E-state index contributed by atoms with van der Waals surface area (Å²) in [6, 6.07) is 8.01. The predicted octanol–water partition coefficient (Wildman–Crippen LogP) is 4.89. The Balaban J connectivity index is 2.26. The summed E-state index contributed by atoms with van der Waals surface area (Å²) in [4.78, 5) is 4.79. The highest BCUT2D eigenvalue weighted by Gasteiger charge is 2.14. The van der Waals surface area contributed by atoms with E-state index >= 15 is 0 Å². The molecule has 0 spiro atoms. The lowest BCUT2D eigenvalue weighted by Gasteiger charge is -2.19. The summed E-state index contributed by atoms with van der Waals surface area (Å²) < 4.78 is 0. The Morgan fingerprint density at radius 1 is 1.28 bits per heavy atom. The maximum absolute atomic E-state index is 9.14. The van der Waals surface area contributed by atoms with Gasteiger partial charge in [0.25, 0.3) is 0 Å². The molecule has 96 valence electrons. The number of allylic oxidation sites excluding steroid dienone is 1. The monoisotopic (exact) mass is 243 g/mol. The number of rotatable bonds is 2. The minimum absolute atomic E-state index is 0.832. The van der Waals surface area contributed by atoms with Gasteiger partial charge >= 0.3 is 0 Å². The normalized spacial score (nSPS) is 20.9. The molecule has 0 unspecified atom stereocenters. The van der Waals surface area contributed by atoms with E-state index in [-0.39, 0.29) is 0 Å². The molecule has 18 heavy (non-hydrogen) atoms. The van der Waals surface area contributed by atoms with Crippen LogP contribution in [0.25, 0.3) is 5.57 Å². The van der Waals surface area contributed by atoms with Crippen LogP contribution < -0.4 is 0 Å². The van der Waals surface area contributed by atoms with Crippen molar-refractivity contribution in [1.29, 1.82) is 0 Å². The van der Waals surface area contributed by atoms with Gasteiger partial charge in [-0.15, -0.1) is 0 Å². The van der Waals surface area contributed by atoms with Gasteiger partial charge in [-0.05, 0) is 50.2 Å². The van der Waals surface area contributed by atoms with Crippen molar-refractivity contribution in [2.45, 2.75) is 39.5 Å². The van der Waals surface area contributed by atoms with Gasteiger partial charge in [-0.1, -0.05) is 25.1 Å². The Hall–Kier alpha value is -1.57. The third-order valence-electron chi connectivity index (χ3n) is 3.65. The summed E-state index contributed by atoms with van der Waals surface area (Å²) in [6.45, 7) is 4.21. The van der Waals surface area contributed by atoms with Crippen molar-refractivity contribution in [1.82, 2.24) is 0 Å². The van der Waals surface area contributed by atoms with Crippen molar-refractivity contribution < 1.29 is 5.11 Å². The average molecular weight is 243 g/mol. The van der Waals surface area contributed by atoms with E-state index in [1.807, 2.05) is 31.2 Å². The third kappa shape index (κ3) is 3.00. The quantitative estimate of drug-likeness (QED) is 0.737. The lowest BCUT2D eigenvalue weighted by atomic mass is 9.89. The number of hydrogen-bond acceptors (Lipinski definition) is 2. The smallest absolute Gasteiger partial charge is 0.0827 e. The number of benzene rings is 1. The lowest BCUT2D eigenvalue weighted by Crippen LogP contribution is -2.11. The van der Waals surface area contributed by atoms with Gasteiger partial charge in [0, 0.05) is 11.3 Å². The van der Waals surface area contributed by atoms with Gasteiger partial charge in [0.15, 0.2) is 0 Å². The van der Waals surface area contributed by atoms with Gasteiger partial charge in [0.05, 0.1) is 11.9 Å². The van der Waals surface area contributed by atoms with E-state index in [4.69, 9.17) is 10.1 Å². The van der Waals surface area contributed by atoms with Crippen LogP contribution in [0.4, 0.5) is 5.69 Å². The maximum atomic E-state index is 9.14. The van der Waals surface area contributed by atoms with Crippen molar-refractivity contribution >= 4 is 17.0 Å². The van der Waals surface area contributed by atoms with Gasteiger partial charge in [0.2, 0.25) is 0 Å². The first-order valence-corrected chi connectivity index (χ1v) is 6.67. The van der Waals surface area contributed by atoms with Crippen LogP contribution in [-0.2, 0) is 0 Å². The summed E-state index contributed by atoms with van der Waals surface area (Å²) in [7, 11) is 0. The second-order valence-electron chi connectivity index (χ2n) is 5.19. The maximum Gasteiger partial charge on any atom is 0.0827 e. The molecule has 0 bridgehead atoms. The molecule has 1 saturated carbocycles. The highest BCUT2D eigenvalue weighted by atomic mass is 16.2. The number of hydrogen-bond donors (Lipinski definition) is 1. The first-order chi connectivity index (χ1) is 8.70. The number of nitrogens with zero attached hydrogens (tertiary/aromatic N) is 1. The number of aliphatic hydroxyl groups excluding tert-OH is 1. The zero-order chi connectivity index (χ0) is 13.0. The predicted molar refractivity (Wildman–Crippen MR) is 77.4 cm³/mol. The van der Waals surface area contributed by atoms with Crippen LogP contribution >= 0.6 is 0 Å². The molecule has 2 rings (SSSR count). The van der Waals surface area contributed by atoms with Crippen molar-refractivity contribution in [3.63, 3.8) is 0 Å². The van der Waals surface area contributed by atoms with Crippen molar-refractivity contribution in [2.75, 3.05) is 0 Å². The lowest BCUT2D eigenvalue weighted by molar-refractivity contribution is 0.475. The third-order valence-corrected chi connectivity index (χ3v) is 3.65. The van der Waals surface area contributed by atoms with Crippen molar-refractivity contribution in [2.24, 2.45) is 10.9 Å². The molecule has 2 heteroatoms. The summed E-state index contributed by atoms with van der Waals surface area (Å²) in [6.07, 6.45) is 5.86. The van der Waals surface area contributed by atoms with E-state index in [0.717, 1.165) is 41.8 Å². The summed E-state index contributed by atoms with van der Waals surface area (Å²) in [5, 5.41) is 9.14. The molecule has 0 heterocycles. The molecular weight excluding hydrogens is 222 g/mol. The first-order valence-electron chi connectivity index (χ1n) is 6.67. The average Bonchev–Trinajstić information content (AvgIpc) is 2.41. The second-order valence-corrected chi connectivity index (χ2v) is 5.19. The highest BCUT2D eigenvalue weighted by Crippen LogP contribution is 2.29. The topological polar surface area (TPSA) is 32.6 Å². The van der Waals surface area contributed by atoms with Crippen molar-refractivity contribution in [3.8, 4) is 0 Å². The SMILES string of the molecule is CC(=CO)c1ccccc1N=C1CCC(C)CC1. The summed E-state index contributed by atoms with van der Waals surface area (Å²) in [5.74, 6) is 0.832. The summed E-state index contributed by atoms with van der Waals surface area (Å²) >= 11 is 0. The van der Waals surface area contributed by atoms with Gasteiger partial charge < -0.3 is 5.11 Å². The van der Waals surface area contributed by atoms with Crippen LogP contribution in [-0.4, -0.2) is 10.8 Å². The van der Waals surface area contributed by atoms with E-state index in [9.17, 15) is 0 Å². The van der Waals surface area contributed by atoms with E-state index in [1.54, 1.807) is 0 Å². The Morgan fingerprint density at radius 2 is 1.94 bits per heavy atom. The molecule has 0 radical (unpaired) electrons. The fourth-order valence-corrected chi connectivity index (χ4v) is 2.35. The number of aliphatic imine (C=N–C) groups is 1. The standard InChI is InChI=1S/C16H21NO/c1-12-7-9-14(10-8-12)17-16-6-4-3-5-15(16)13(2)11-18/h3-6,11-12,18H,7-10H2,1-2H3. The van der Waals surface area contributed by atoms with Crippen molar-refractivity contribution in [3.05, 3.63) is 36.1 Å². The largest absolute Gasteiger partial charge is 0.515 e. The highest BCUT2D eigenvalue weighted by molar-refractivity contribution is 5.89. The van der Waals surface area contributed by atoms with Crippen LogP contribution in [0.1, 0.15) is 45.1 Å². The molecule has 2 nitrogen and oxygen atoms in total. The fourth-order valence-electron chi connectivity index (χ4n) is 2.35. The zero-order valence-electron chi connectivity index (χ0n) is 11.2. The van der Waals surface area contributed by atoms with E-state index in [2.05, 4.69) is 6.92 Å². The molecule has 1 aliphatic rings. The number of aliphatic hydroxyl groups is 1.